The van der Waals surface area contributed by atoms with Crippen LogP contribution in [0.5, 0.6) is 23.0 Å². The Morgan fingerprint density at radius 3 is 0.407 bits per heavy atom. The highest BCUT2D eigenvalue weighted by Crippen LogP contribution is 2.45. The lowest BCUT2D eigenvalue weighted by atomic mass is 9.77. The fraction of sp³-hybridized carbons (Fsp3) is 0.594. The SMILES string of the molecule is C.CC(C(=O)O)c1cc(C(C)(C)C)c(O)c(C(C)(C)C)c1.CC(C(=O)O)c1cc(C(C)(C)C)c(O)c(C(C)(C)C)c1.CC(C(=O)O)c1cc(C(C)(C)C)c(O)c(C(C)(C)C)c1.CC(C(=O)O)c1cc(C(C)(C)C)c(O)c(C(C)(C)C)c1. The smallest absolute Gasteiger partial charge is 0.310 e. The van der Waals surface area contributed by atoms with Gasteiger partial charge in [-0.2, -0.15) is 0 Å². The number of carboxylic acids is 4. The molecule has 81 heavy (non-hydrogen) atoms. The van der Waals surface area contributed by atoms with Crippen molar-refractivity contribution in [2.75, 3.05) is 0 Å². The van der Waals surface area contributed by atoms with Crippen LogP contribution in [0.4, 0.5) is 0 Å². The van der Waals surface area contributed by atoms with Gasteiger partial charge in [-0.1, -0.05) is 222 Å². The van der Waals surface area contributed by atoms with Crippen LogP contribution in [-0.2, 0) is 62.5 Å². The number of phenolic OH excluding ortho intramolecular Hbond substituents is 4. The van der Waals surface area contributed by atoms with Gasteiger partial charge in [0, 0.05) is 0 Å². The normalized spacial score (nSPS) is 14.0. The molecule has 0 aliphatic carbocycles. The monoisotopic (exact) mass is 1130 g/mol. The standard InChI is InChI=1S/4C17H26O3.CH4/c4*1-10(15(19)20)11-8-12(16(2,3)4)14(18)13(9-11)17(5,6)7;/h4*8-10,18H,1-7H3,(H,19,20);1H4. The van der Waals surface area contributed by atoms with E-state index in [0.717, 1.165) is 66.8 Å². The maximum Gasteiger partial charge on any atom is 0.310 e. The van der Waals surface area contributed by atoms with E-state index in [1.807, 2.05) is 215 Å². The Kier molecular flexibility index (Phi) is 24.5. The molecule has 0 aromatic heterocycles. The molecule has 4 unspecified atom stereocenters. The molecule has 0 fully saturated rings. The largest absolute Gasteiger partial charge is 0.507 e. The zero-order valence-corrected chi connectivity index (χ0v) is 54.1. The number of phenols is 4. The number of aliphatic carboxylic acids is 4. The van der Waals surface area contributed by atoms with Crippen LogP contribution < -0.4 is 0 Å². The van der Waals surface area contributed by atoms with E-state index in [1.54, 1.807) is 27.7 Å². The first kappa shape index (κ1) is 75.0. The summed E-state index contributed by atoms with van der Waals surface area (Å²) in [6.07, 6.45) is 0. The zero-order valence-electron chi connectivity index (χ0n) is 54.1. The Hall–Kier alpha value is -6.04. The van der Waals surface area contributed by atoms with Crippen LogP contribution in [0.15, 0.2) is 48.5 Å². The van der Waals surface area contributed by atoms with Crippen LogP contribution in [0.3, 0.4) is 0 Å². The van der Waals surface area contributed by atoms with E-state index < -0.39 is 47.5 Å². The molecule has 0 heterocycles. The maximum atomic E-state index is 11.2. The molecule has 8 N–H and O–H groups in total. The molecule has 4 aromatic carbocycles. The number of carbonyl (C=O) groups is 4. The van der Waals surface area contributed by atoms with Gasteiger partial charge >= 0.3 is 23.9 Å². The van der Waals surface area contributed by atoms with Gasteiger partial charge in [0.05, 0.1) is 23.7 Å². The first-order valence-corrected chi connectivity index (χ1v) is 27.8. The second-order valence-corrected chi connectivity index (χ2v) is 30.1. The van der Waals surface area contributed by atoms with Crippen molar-refractivity contribution in [3.8, 4) is 23.0 Å². The minimum Gasteiger partial charge on any atom is -0.507 e. The number of hydrogen-bond donors (Lipinski definition) is 8. The molecule has 0 saturated carbocycles. The minimum absolute atomic E-state index is 0. The third-order valence-corrected chi connectivity index (χ3v) is 14.5. The molecule has 4 aromatic rings. The molecule has 4 atom stereocenters. The van der Waals surface area contributed by atoms with Crippen LogP contribution in [0.25, 0.3) is 0 Å². The van der Waals surface area contributed by atoms with Crippen molar-refractivity contribution in [3.05, 3.63) is 115 Å². The van der Waals surface area contributed by atoms with E-state index in [0.29, 0.717) is 0 Å². The van der Waals surface area contributed by atoms with Gasteiger partial charge in [0.15, 0.2) is 0 Å². The summed E-state index contributed by atoms with van der Waals surface area (Å²) in [6.45, 7) is 55.1. The molecule has 0 aliphatic heterocycles. The number of rotatable bonds is 8. The summed E-state index contributed by atoms with van der Waals surface area (Å²) in [4.78, 5) is 45.0. The highest BCUT2D eigenvalue weighted by molar-refractivity contribution is 5.78. The summed E-state index contributed by atoms with van der Waals surface area (Å²) >= 11 is 0. The van der Waals surface area contributed by atoms with Gasteiger partial charge in [-0.05, 0) is 138 Å². The summed E-state index contributed by atoms with van der Waals surface area (Å²) in [6, 6.07) is 14.6. The molecule has 0 radical (unpaired) electrons. The second-order valence-electron chi connectivity index (χ2n) is 30.1. The van der Waals surface area contributed by atoms with Crippen molar-refractivity contribution in [2.24, 2.45) is 0 Å². The van der Waals surface area contributed by atoms with E-state index in [2.05, 4.69) is 0 Å². The first-order valence-electron chi connectivity index (χ1n) is 27.8. The van der Waals surface area contributed by atoms with Gasteiger partial charge in [0.25, 0.3) is 0 Å². The topological polar surface area (TPSA) is 230 Å². The number of carboxylic acid groups (broad SMARTS) is 4. The van der Waals surface area contributed by atoms with Crippen molar-refractivity contribution in [1.82, 2.24) is 0 Å². The van der Waals surface area contributed by atoms with Crippen LogP contribution in [0, 0.1) is 0 Å². The lowest BCUT2D eigenvalue weighted by molar-refractivity contribution is -0.139. The molecule has 4 rings (SSSR count). The Morgan fingerprint density at radius 2 is 0.346 bits per heavy atom. The molecule has 0 spiro atoms. The Morgan fingerprint density at radius 1 is 0.259 bits per heavy atom. The third kappa shape index (κ3) is 20.1. The molecule has 0 bridgehead atoms. The van der Waals surface area contributed by atoms with Gasteiger partial charge < -0.3 is 40.9 Å². The summed E-state index contributed by atoms with van der Waals surface area (Å²) in [7, 11) is 0. The summed E-state index contributed by atoms with van der Waals surface area (Å²) in [5.74, 6) is -4.61. The molecule has 12 heteroatoms. The Balaban J connectivity index is 0.00000105. The predicted molar refractivity (Wildman–Crippen MR) is 333 cm³/mol. The van der Waals surface area contributed by atoms with Gasteiger partial charge in [-0.25, -0.2) is 0 Å². The highest BCUT2D eigenvalue weighted by Gasteiger charge is 2.33. The number of benzene rings is 4. The fourth-order valence-electron chi connectivity index (χ4n) is 8.77. The van der Waals surface area contributed by atoms with Crippen molar-refractivity contribution in [3.63, 3.8) is 0 Å². The van der Waals surface area contributed by atoms with Crippen LogP contribution in [0.2, 0.25) is 0 Å². The quantitative estimate of drug-likeness (QED) is 0.0824. The Bertz CT molecular complexity index is 2310. The molecule has 0 aliphatic rings. The van der Waals surface area contributed by atoms with Crippen LogP contribution in [0.1, 0.15) is 292 Å². The third-order valence-electron chi connectivity index (χ3n) is 14.5. The molecule has 0 amide bonds. The van der Waals surface area contributed by atoms with Gasteiger partial charge in [0.1, 0.15) is 23.0 Å². The van der Waals surface area contributed by atoms with Gasteiger partial charge in [-0.3, -0.25) is 19.2 Å². The van der Waals surface area contributed by atoms with E-state index in [9.17, 15) is 60.0 Å². The second kappa shape index (κ2) is 26.5. The fourth-order valence-corrected chi connectivity index (χ4v) is 8.77. The van der Waals surface area contributed by atoms with E-state index in [1.165, 1.54) is 0 Å². The number of hydrogen-bond acceptors (Lipinski definition) is 8. The van der Waals surface area contributed by atoms with E-state index in [4.69, 9.17) is 0 Å². The first-order chi connectivity index (χ1) is 35.4. The highest BCUT2D eigenvalue weighted by atomic mass is 16.4. The predicted octanol–water partition coefficient (Wildman–Crippen LogP) is 17.3. The summed E-state index contributed by atoms with van der Waals surface area (Å²) in [5.41, 5.74) is 7.45. The lowest BCUT2D eigenvalue weighted by Crippen LogP contribution is -2.19. The van der Waals surface area contributed by atoms with Crippen molar-refractivity contribution < 1.29 is 60.0 Å². The summed E-state index contributed by atoms with van der Waals surface area (Å²) in [5, 5.41) is 79.1. The molecule has 456 valence electrons. The van der Waals surface area contributed by atoms with Crippen LogP contribution in [-0.4, -0.2) is 64.7 Å². The molecule has 12 nitrogen and oxygen atoms in total. The van der Waals surface area contributed by atoms with Gasteiger partial charge in [0.2, 0.25) is 0 Å². The van der Waals surface area contributed by atoms with Gasteiger partial charge in [-0.15, -0.1) is 0 Å². The minimum atomic E-state index is -0.851. The van der Waals surface area contributed by atoms with Crippen molar-refractivity contribution >= 4 is 23.9 Å². The van der Waals surface area contributed by atoms with Crippen molar-refractivity contribution in [2.45, 2.75) is 268 Å². The summed E-state index contributed by atoms with van der Waals surface area (Å²) < 4.78 is 0. The molecule has 0 saturated heterocycles. The molecular formula is C69H108O12. The van der Waals surface area contributed by atoms with E-state index >= 15 is 0 Å². The molecular weight excluding hydrogens is 1020 g/mol. The van der Waals surface area contributed by atoms with Crippen LogP contribution >= 0.6 is 0 Å². The Labute approximate surface area is 488 Å². The maximum absolute atomic E-state index is 11.2. The number of aromatic hydroxyl groups is 4. The zero-order chi connectivity index (χ0) is 63.5. The van der Waals surface area contributed by atoms with E-state index in [-0.39, 0.29) is 73.7 Å². The average Bonchev–Trinajstić information content (AvgIpc) is 3.25. The van der Waals surface area contributed by atoms with Crippen molar-refractivity contribution in [1.29, 1.82) is 0 Å². The lowest BCUT2D eigenvalue weighted by Gasteiger charge is -2.28. The average molecular weight is 1130 g/mol.